The molecule has 1 heterocycles. The van der Waals surface area contributed by atoms with Crippen LogP contribution in [0.5, 0.6) is 5.75 Å². The molecule has 0 fully saturated rings. The average molecular weight is 254 g/mol. The van der Waals surface area contributed by atoms with E-state index in [9.17, 15) is 10.2 Å². The minimum Gasteiger partial charge on any atom is -0.506 e. The lowest BCUT2D eigenvalue weighted by atomic mass is 10.00. The zero-order chi connectivity index (χ0) is 13.8. The minimum atomic E-state index is -0.231. The predicted octanol–water partition coefficient (Wildman–Crippen LogP) is 0.839. The van der Waals surface area contributed by atoms with Crippen LogP contribution in [0, 0.1) is 6.92 Å². The van der Waals surface area contributed by atoms with Gasteiger partial charge in [0.2, 0.25) is 0 Å². The van der Waals surface area contributed by atoms with Gasteiger partial charge in [0.05, 0.1) is 12.3 Å². The Bertz CT molecular complexity index is 405. The summed E-state index contributed by atoms with van der Waals surface area (Å²) in [6, 6.07) is 0. The van der Waals surface area contributed by atoms with Gasteiger partial charge in [0, 0.05) is 36.0 Å². The number of rotatable bonds is 6. The standard InChI is InChI=1S/C13H22N2O3/c1-9-12(18)11(10(8-17)6-14-9)7-15-13(2,3)4-5-16/h6,15-18H,4-5,7-8H2,1-3H3. The van der Waals surface area contributed by atoms with E-state index in [4.69, 9.17) is 5.11 Å². The number of pyridine rings is 1. The Labute approximate surface area is 108 Å². The molecule has 18 heavy (non-hydrogen) atoms. The molecule has 0 bridgehead atoms. The van der Waals surface area contributed by atoms with Gasteiger partial charge in [-0.3, -0.25) is 4.98 Å². The fourth-order valence-electron chi connectivity index (χ4n) is 1.71. The highest BCUT2D eigenvalue weighted by molar-refractivity contribution is 5.40. The Morgan fingerprint density at radius 2 is 2.00 bits per heavy atom. The second kappa shape index (κ2) is 6.13. The van der Waals surface area contributed by atoms with E-state index in [2.05, 4.69) is 10.3 Å². The molecule has 0 spiro atoms. The van der Waals surface area contributed by atoms with Crippen LogP contribution in [0.15, 0.2) is 6.20 Å². The normalized spacial score (nSPS) is 11.8. The molecule has 0 aromatic carbocycles. The van der Waals surface area contributed by atoms with Gasteiger partial charge in [0.25, 0.3) is 0 Å². The van der Waals surface area contributed by atoms with E-state index < -0.39 is 0 Å². The molecule has 0 radical (unpaired) electrons. The number of aryl methyl sites for hydroxylation is 1. The summed E-state index contributed by atoms with van der Waals surface area (Å²) in [6.45, 7) is 6.06. The Kier molecular flexibility index (Phi) is 5.07. The van der Waals surface area contributed by atoms with Gasteiger partial charge in [-0.15, -0.1) is 0 Å². The zero-order valence-electron chi connectivity index (χ0n) is 11.2. The van der Waals surface area contributed by atoms with Crippen LogP contribution in [0.25, 0.3) is 0 Å². The Morgan fingerprint density at radius 1 is 1.33 bits per heavy atom. The summed E-state index contributed by atoms with van der Waals surface area (Å²) in [4.78, 5) is 4.01. The van der Waals surface area contributed by atoms with Crippen molar-refractivity contribution in [2.24, 2.45) is 0 Å². The molecular formula is C13H22N2O3. The smallest absolute Gasteiger partial charge is 0.141 e. The van der Waals surface area contributed by atoms with Crippen molar-refractivity contribution in [3.8, 4) is 5.75 Å². The summed E-state index contributed by atoms with van der Waals surface area (Å²) in [7, 11) is 0. The molecule has 5 nitrogen and oxygen atoms in total. The van der Waals surface area contributed by atoms with E-state index in [1.165, 1.54) is 0 Å². The first-order valence-electron chi connectivity index (χ1n) is 6.04. The number of hydrogen-bond acceptors (Lipinski definition) is 5. The molecule has 5 heteroatoms. The third-order valence-corrected chi connectivity index (χ3v) is 3.08. The lowest BCUT2D eigenvalue weighted by Crippen LogP contribution is -2.39. The highest BCUT2D eigenvalue weighted by atomic mass is 16.3. The van der Waals surface area contributed by atoms with E-state index >= 15 is 0 Å². The third kappa shape index (κ3) is 3.66. The maximum Gasteiger partial charge on any atom is 0.141 e. The van der Waals surface area contributed by atoms with Crippen molar-refractivity contribution in [3.63, 3.8) is 0 Å². The first-order chi connectivity index (χ1) is 8.41. The molecule has 0 saturated heterocycles. The fraction of sp³-hybridized carbons (Fsp3) is 0.615. The number of aliphatic hydroxyl groups is 2. The minimum absolute atomic E-state index is 0.105. The Hall–Kier alpha value is -1.17. The molecule has 4 N–H and O–H groups in total. The maximum absolute atomic E-state index is 9.97. The van der Waals surface area contributed by atoms with Crippen LogP contribution in [-0.4, -0.2) is 32.4 Å². The van der Waals surface area contributed by atoms with Gasteiger partial charge >= 0.3 is 0 Å². The van der Waals surface area contributed by atoms with Crippen LogP contribution in [-0.2, 0) is 13.2 Å². The van der Waals surface area contributed by atoms with Crippen LogP contribution >= 0.6 is 0 Å². The first kappa shape index (κ1) is 14.9. The summed E-state index contributed by atoms with van der Waals surface area (Å²) in [5, 5.41) is 31.4. The molecule has 0 atom stereocenters. The number of aromatic hydroxyl groups is 1. The number of nitrogens with one attached hydrogen (secondary N) is 1. The van der Waals surface area contributed by atoms with Crippen LogP contribution in [0.4, 0.5) is 0 Å². The molecule has 1 rings (SSSR count). The van der Waals surface area contributed by atoms with Crippen molar-refractivity contribution >= 4 is 0 Å². The number of hydrogen-bond donors (Lipinski definition) is 4. The van der Waals surface area contributed by atoms with Crippen molar-refractivity contribution in [2.45, 2.75) is 45.9 Å². The van der Waals surface area contributed by atoms with E-state index in [0.717, 1.165) is 0 Å². The van der Waals surface area contributed by atoms with E-state index in [1.807, 2.05) is 13.8 Å². The summed E-state index contributed by atoms with van der Waals surface area (Å²) < 4.78 is 0. The summed E-state index contributed by atoms with van der Waals surface area (Å²) in [5.74, 6) is 0.119. The highest BCUT2D eigenvalue weighted by Gasteiger charge is 2.18. The average Bonchev–Trinajstić information content (AvgIpc) is 2.31. The van der Waals surface area contributed by atoms with Crippen molar-refractivity contribution in [2.75, 3.05) is 6.61 Å². The number of nitrogens with zero attached hydrogens (tertiary/aromatic N) is 1. The second-order valence-electron chi connectivity index (χ2n) is 5.07. The molecule has 0 unspecified atom stereocenters. The molecular weight excluding hydrogens is 232 g/mol. The van der Waals surface area contributed by atoms with Gasteiger partial charge in [-0.05, 0) is 27.2 Å². The van der Waals surface area contributed by atoms with E-state index in [1.54, 1.807) is 13.1 Å². The predicted molar refractivity (Wildman–Crippen MR) is 69.2 cm³/mol. The van der Waals surface area contributed by atoms with Gasteiger partial charge in [-0.25, -0.2) is 0 Å². The lowest BCUT2D eigenvalue weighted by Gasteiger charge is -2.26. The molecule has 0 amide bonds. The summed E-state index contributed by atoms with van der Waals surface area (Å²) >= 11 is 0. The van der Waals surface area contributed by atoms with Gasteiger partial charge in [0.15, 0.2) is 0 Å². The third-order valence-electron chi connectivity index (χ3n) is 3.08. The van der Waals surface area contributed by atoms with Crippen molar-refractivity contribution in [1.82, 2.24) is 10.3 Å². The molecule has 1 aromatic rings. The Balaban J connectivity index is 2.87. The van der Waals surface area contributed by atoms with E-state index in [0.29, 0.717) is 29.8 Å². The monoisotopic (exact) mass is 254 g/mol. The SMILES string of the molecule is Cc1ncc(CO)c(CNC(C)(C)CCO)c1O. The molecule has 1 aromatic heterocycles. The van der Waals surface area contributed by atoms with Crippen molar-refractivity contribution < 1.29 is 15.3 Å². The quantitative estimate of drug-likeness (QED) is 0.604. The van der Waals surface area contributed by atoms with E-state index in [-0.39, 0.29) is 24.5 Å². The van der Waals surface area contributed by atoms with Gasteiger partial charge in [-0.1, -0.05) is 0 Å². The van der Waals surface area contributed by atoms with Crippen LogP contribution in [0.1, 0.15) is 37.1 Å². The van der Waals surface area contributed by atoms with Gasteiger partial charge in [0.1, 0.15) is 5.75 Å². The zero-order valence-corrected chi connectivity index (χ0v) is 11.2. The van der Waals surface area contributed by atoms with Gasteiger partial charge < -0.3 is 20.6 Å². The van der Waals surface area contributed by atoms with Crippen LogP contribution < -0.4 is 5.32 Å². The summed E-state index contributed by atoms with van der Waals surface area (Å²) in [5.41, 5.74) is 1.59. The van der Waals surface area contributed by atoms with Crippen molar-refractivity contribution in [3.05, 3.63) is 23.0 Å². The van der Waals surface area contributed by atoms with Crippen molar-refractivity contribution in [1.29, 1.82) is 0 Å². The highest BCUT2D eigenvalue weighted by Crippen LogP contribution is 2.24. The van der Waals surface area contributed by atoms with Crippen LogP contribution in [0.3, 0.4) is 0 Å². The molecule has 0 saturated carbocycles. The maximum atomic E-state index is 9.97. The first-order valence-corrected chi connectivity index (χ1v) is 6.04. The molecule has 0 aliphatic rings. The molecule has 0 aliphatic carbocycles. The fourth-order valence-corrected chi connectivity index (χ4v) is 1.71. The Morgan fingerprint density at radius 3 is 2.56 bits per heavy atom. The largest absolute Gasteiger partial charge is 0.506 e. The number of aromatic nitrogens is 1. The van der Waals surface area contributed by atoms with Crippen LogP contribution in [0.2, 0.25) is 0 Å². The topological polar surface area (TPSA) is 85.6 Å². The number of aliphatic hydroxyl groups excluding tert-OH is 2. The van der Waals surface area contributed by atoms with Gasteiger partial charge in [-0.2, -0.15) is 0 Å². The molecule has 0 aliphatic heterocycles. The molecule has 102 valence electrons. The lowest BCUT2D eigenvalue weighted by molar-refractivity contribution is 0.228. The second-order valence-corrected chi connectivity index (χ2v) is 5.07. The summed E-state index contributed by atoms with van der Waals surface area (Å²) in [6.07, 6.45) is 2.19.